The van der Waals surface area contributed by atoms with E-state index < -0.39 is 12.1 Å². The minimum Gasteiger partial charge on any atom is -0.490 e. The summed E-state index contributed by atoms with van der Waals surface area (Å²) in [6, 6.07) is 4.14. The lowest BCUT2D eigenvalue weighted by atomic mass is 10.2. The van der Waals surface area contributed by atoms with Crippen molar-refractivity contribution in [2.75, 3.05) is 0 Å². The van der Waals surface area contributed by atoms with Gasteiger partial charge in [0.15, 0.2) is 0 Å². The minimum absolute atomic E-state index is 0.0726. The molecule has 0 aliphatic rings. The fourth-order valence-electron chi connectivity index (χ4n) is 1.25. The first-order chi connectivity index (χ1) is 6.99. The Morgan fingerprint density at radius 2 is 2.27 bits per heavy atom. The molecular formula is C11H13FO3. The molecular weight excluding hydrogens is 199 g/mol. The number of carboxylic acids is 1. The lowest BCUT2D eigenvalue weighted by molar-refractivity contribution is -0.138. The first kappa shape index (κ1) is 11.5. The van der Waals surface area contributed by atoms with Crippen LogP contribution in [0.4, 0.5) is 4.39 Å². The van der Waals surface area contributed by atoms with Gasteiger partial charge in [-0.3, -0.25) is 4.79 Å². The maximum absolute atomic E-state index is 12.7. The van der Waals surface area contributed by atoms with Crippen LogP contribution in [0.1, 0.15) is 18.9 Å². The number of halogens is 1. The quantitative estimate of drug-likeness (QED) is 0.833. The summed E-state index contributed by atoms with van der Waals surface area (Å²) in [6.45, 7) is 3.38. The Morgan fingerprint density at radius 1 is 1.60 bits per heavy atom. The highest BCUT2D eigenvalue weighted by Gasteiger charge is 2.10. The van der Waals surface area contributed by atoms with Crippen LogP contribution in [-0.4, -0.2) is 17.2 Å². The molecule has 0 aliphatic heterocycles. The molecule has 0 spiro atoms. The maximum atomic E-state index is 12.7. The molecule has 15 heavy (non-hydrogen) atoms. The Bertz CT molecular complexity index is 363. The number of benzene rings is 1. The fraction of sp³-hybridized carbons (Fsp3) is 0.364. The van der Waals surface area contributed by atoms with Gasteiger partial charge in [0.25, 0.3) is 0 Å². The van der Waals surface area contributed by atoms with E-state index in [-0.39, 0.29) is 12.2 Å². The Balaban J connectivity index is 2.68. The van der Waals surface area contributed by atoms with Crippen LogP contribution in [0.25, 0.3) is 0 Å². The number of ether oxygens (including phenoxy) is 1. The van der Waals surface area contributed by atoms with Gasteiger partial charge in [0.05, 0.1) is 6.42 Å². The molecule has 0 aliphatic carbocycles. The molecule has 4 heteroatoms. The highest BCUT2D eigenvalue weighted by Crippen LogP contribution is 2.20. The summed E-state index contributed by atoms with van der Waals surface area (Å²) in [5.41, 5.74) is 0.659. The Morgan fingerprint density at radius 3 is 2.80 bits per heavy atom. The van der Waals surface area contributed by atoms with E-state index in [4.69, 9.17) is 9.84 Å². The monoisotopic (exact) mass is 212 g/mol. The lowest BCUT2D eigenvalue weighted by Crippen LogP contribution is -2.17. The summed E-state index contributed by atoms with van der Waals surface area (Å²) in [6.07, 6.45) is -0.497. The normalized spacial score (nSPS) is 12.2. The fourth-order valence-corrected chi connectivity index (χ4v) is 1.25. The van der Waals surface area contributed by atoms with Crippen molar-refractivity contribution in [2.45, 2.75) is 26.4 Å². The minimum atomic E-state index is -0.915. The van der Waals surface area contributed by atoms with Crippen LogP contribution in [0.3, 0.4) is 0 Å². The average Bonchev–Trinajstić information content (AvgIpc) is 2.08. The lowest BCUT2D eigenvalue weighted by Gasteiger charge is -2.14. The van der Waals surface area contributed by atoms with Crippen molar-refractivity contribution >= 4 is 5.97 Å². The SMILES string of the molecule is Cc1cc(F)ccc1O[C@H](C)CC(=O)O. The summed E-state index contributed by atoms with van der Waals surface area (Å²) in [5, 5.41) is 8.54. The van der Waals surface area contributed by atoms with Gasteiger partial charge in [-0.15, -0.1) is 0 Å². The smallest absolute Gasteiger partial charge is 0.307 e. The van der Waals surface area contributed by atoms with E-state index in [0.29, 0.717) is 11.3 Å². The Labute approximate surface area is 87.5 Å². The third-order valence-electron chi connectivity index (χ3n) is 1.93. The highest BCUT2D eigenvalue weighted by atomic mass is 19.1. The van der Waals surface area contributed by atoms with E-state index in [1.165, 1.54) is 18.2 Å². The predicted molar refractivity (Wildman–Crippen MR) is 53.5 cm³/mol. The van der Waals surface area contributed by atoms with Crippen LogP contribution in [0.15, 0.2) is 18.2 Å². The molecule has 0 saturated carbocycles. The van der Waals surface area contributed by atoms with Crippen LogP contribution >= 0.6 is 0 Å². The first-order valence-electron chi connectivity index (χ1n) is 4.63. The molecule has 0 fully saturated rings. The van der Waals surface area contributed by atoms with Crippen LogP contribution in [-0.2, 0) is 4.79 Å². The van der Waals surface area contributed by atoms with Crippen LogP contribution in [0.2, 0.25) is 0 Å². The van der Waals surface area contributed by atoms with Crippen molar-refractivity contribution in [3.8, 4) is 5.75 Å². The van der Waals surface area contributed by atoms with Gasteiger partial charge in [0.2, 0.25) is 0 Å². The zero-order chi connectivity index (χ0) is 11.4. The van der Waals surface area contributed by atoms with Crippen molar-refractivity contribution in [2.24, 2.45) is 0 Å². The first-order valence-corrected chi connectivity index (χ1v) is 4.63. The zero-order valence-electron chi connectivity index (χ0n) is 8.66. The van der Waals surface area contributed by atoms with Crippen molar-refractivity contribution in [1.82, 2.24) is 0 Å². The third kappa shape index (κ3) is 3.58. The molecule has 1 rings (SSSR count). The zero-order valence-corrected chi connectivity index (χ0v) is 8.66. The topological polar surface area (TPSA) is 46.5 Å². The summed E-state index contributed by atoms with van der Waals surface area (Å²) in [4.78, 5) is 10.4. The molecule has 0 unspecified atom stereocenters. The van der Waals surface area contributed by atoms with Crippen LogP contribution < -0.4 is 4.74 Å². The Hall–Kier alpha value is -1.58. The van der Waals surface area contributed by atoms with Gasteiger partial charge in [-0.05, 0) is 37.6 Å². The molecule has 82 valence electrons. The van der Waals surface area contributed by atoms with E-state index in [1.807, 2.05) is 0 Å². The van der Waals surface area contributed by atoms with Crippen molar-refractivity contribution in [1.29, 1.82) is 0 Å². The van der Waals surface area contributed by atoms with Crippen LogP contribution in [0, 0.1) is 12.7 Å². The molecule has 0 aromatic heterocycles. The summed E-state index contributed by atoms with van der Waals surface area (Å²) < 4.78 is 18.1. The molecule has 1 atom stereocenters. The molecule has 0 radical (unpaired) electrons. The number of carbonyl (C=O) groups is 1. The van der Waals surface area contributed by atoms with Crippen LogP contribution in [0.5, 0.6) is 5.75 Å². The summed E-state index contributed by atoms with van der Waals surface area (Å²) in [5.74, 6) is -0.724. The van der Waals surface area contributed by atoms with E-state index >= 15 is 0 Å². The van der Waals surface area contributed by atoms with E-state index in [0.717, 1.165) is 0 Å². The number of rotatable bonds is 4. The molecule has 1 aromatic carbocycles. The average molecular weight is 212 g/mol. The number of hydrogen-bond donors (Lipinski definition) is 1. The van der Waals surface area contributed by atoms with Crippen molar-refractivity contribution in [3.63, 3.8) is 0 Å². The number of aryl methyl sites for hydroxylation is 1. The highest BCUT2D eigenvalue weighted by molar-refractivity contribution is 5.67. The molecule has 0 saturated heterocycles. The maximum Gasteiger partial charge on any atom is 0.307 e. The predicted octanol–water partition coefficient (Wildman–Crippen LogP) is 2.38. The van der Waals surface area contributed by atoms with Gasteiger partial charge in [0, 0.05) is 0 Å². The Kier molecular flexibility index (Phi) is 3.66. The second-order valence-electron chi connectivity index (χ2n) is 3.44. The van der Waals surface area contributed by atoms with Gasteiger partial charge in [0.1, 0.15) is 17.7 Å². The standard InChI is InChI=1S/C11H13FO3/c1-7-5-9(12)3-4-10(7)15-8(2)6-11(13)14/h3-5,8H,6H2,1-2H3,(H,13,14)/t8-/m1/s1. The van der Waals surface area contributed by atoms with Gasteiger partial charge >= 0.3 is 5.97 Å². The molecule has 0 heterocycles. The van der Waals surface area contributed by atoms with E-state index in [1.54, 1.807) is 13.8 Å². The molecule has 0 amide bonds. The largest absolute Gasteiger partial charge is 0.490 e. The second-order valence-corrected chi connectivity index (χ2v) is 3.44. The van der Waals surface area contributed by atoms with Gasteiger partial charge in [-0.2, -0.15) is 0 Å². The van der Waals surface area contributed by atoms with E-state index in [2.05, 4.69) is 0 Å². The molecule has 3 nitrogen and oxygen atoms in total. The second kappa shape index (κ2) is 4.77. The van der Waals surface area contributed by atoms with E-state index in [9.17, 15) is 9.18 Å². The third-order valence-corrected chi connectivity index (χ3v) is 1.93. The number of hydrogen-bond acceptors (Lipinski definition) is 2. The molecule has 0 bridgehead atoms. The van der Waals surface area contributed by atoms with Crippen molar-refractivity contribution in [3.05, 3.63) is 29.6 Å². The number of aliphatic carboxylic acids is 1. The van der Waals surface area contributed by atoms with Gasteiger partial charge < -0.3 is 9.84 Å². The van der Waals surface area contributed by atoms with Gasteiger partial charge in [-0.25, -0.2) is 4.39 Å². The summed E-state index contributed by atoms with van der Waals surface area (Å²) >= 11 is 0. The molecule has 1 N–H and O–H groups in total. The molecule has 1 aromatic rings. The number of carboxylic acid groups (broad SMARTS) is 1. The van der Waals surface area contributed by atoms with Gasteiger partial charge in [-0.1, -0.05) is 0 Å². The summed E-state index contributed by atoms with van der Waals surface area (Å²) in [7, 11) is 0. The van der Waals surface area contributed by atoms with Crippen molar-refractivity contribution < 1.29 is 19.0 Å².